The fourth-order valence-corrected chi connectivity index (χ4v) is 2.47. The Bertz CT molecular complexity index is 456. The summed E-state index contributed by atoms with van der Waals surface area (Å²) in [6.45, 7) is 2.90. The van der Waals surface area contributed by atoms with E-state index < -0.39 is 10.7 Å². The molecule has 0 bridgehead atoms. The minimum atomic E-state index is -0.592. The lowest BCUT2D eigenvalue weighted by atomic mass is 9.89. The van der Waals surface area contributed by atoms with Crippen LogP contribution in [0.5, 0.6) is 0 Å². The van der Waals surface area contributed by atoms with Gasteiger partial charge in [-0.3, -0.25) is 10.1 Å². The first-order valence-electron chi connectivity index (χ1n) is 6.18. The number of rotatable bonds is 4. The van der Waals surface area contributed by atoms with E-state index in [0.717, 1.165) is 18.9 Å². The van der Waals surface area contributed by atoms with E-state index in [1.807, 2.05) is 0 Å². The lowest BCUT2D eigenvalue weighted by molar-refractivity contribution is -0.385. The Morgan fingerprint density at radius 3 is 2.67 bits per heavy atom. The Morgan fingerprint density at radius 1 is 1.44 bits per heavy atom. The molecule has 0 atom stereocenters. The standard InChI is InChI=1S/C13H17FN2O2/c1-13(6-2-3-7-13)9-15-12-5-4-10(16(17)18)8-11(12)14/h4-5,8,15H,2-3,6-7,9H2,1H3. The molecule has 0 aliphatic heterocycles. The average Bonchev–Trinajstić information content (AvgIpc) is 2.75. The third-order valence-corrected chi connectivity index (χ3v) is 3.68. The summed E-state index contributed by atoms with van der Waals surface area (Å²) in [6, 6.07) is 3.72. The van der Waals surface area contributed by atoms with E-state index >= 15 is 0 Å². The second-order valence-corrected chi connectivity index (χ2v) is 5.29. The van der Waals surface area contributed by atoms with Crippen LogP contribution in [0.15, 0.2) is 18.2 Å². The van der Waals surface area contributed by atoms with Gasteiger partial charge in [0.1, 0.15) is 0 Å². The van der Waals surface area contributed by atoms with Gasteiger partial charge in [-0.2, -0.15) is 0 Å². The molecule has 1 N–H and O–H groups in total. The molecule has 1 aromatic carbocycles. The van der Waals surface area contributed by atoms with E-state index in [4.69, 9.17) is 0 Å². The highest BCUT2D eigenvalue weighted by atomic mass is 19.1. The van der Waals surface area contributed by atoms with Crippen LogP contribution in [0, 0.1) is 21.3 Å². The van der Waals surface area contributed by atoms with Gasteiger partial charge in [0.2, 0.25) is 0 Å². The van der Waals surface area contributed by atoms with Crippen molar-refractivity contribution in [2.24, 2.45) is 5.41 Å². The summed E-state index contributed by atoms with van der Waals surface area (Å²) in [5, 5.41) is 13.6. The lowest BCUT2D eigenvalue weighted by Gasteiger charge is -2.24. The van der Waals surface area contributed by atoms with Gasteiger partial charge in [0, 0.05) is 12.6 Å². The fourth-order valence-electron chi connectivity index (χ4n) is 2.47. The molecule has 0 amide bonds. The Morgan fingerprint density at radius 2 is 2.11 bits per heavy atom. The number of nitrogens with zero attached hydrogens (tertiary/aromatic N) is 1. The van der Waals surface area contributed by atoms with E-state index in [1.165, 1.54) is 25.0 Å². The second-order valence-electron chi connectivity index (χ2n) is 5.29. The summed E-state index contributed by atoms with van der Waals surface area (Å²) < 4.78 is 13.6. The molecule has 2 rings (SSSR count). The van der Waals surface area contributed by atoms with Crippen molar-refractivity contribution in [2.45, 2.75) is 32.6 Å². The van der Waals surface area contributed by atoms with Gasteiger partial charge in [-0.25, -0.2) is 4.39 Å². The number of benzene rings is 1. The number of nitrogens with one attached hydrogen (secondary N) is 1. The Balaban J connectivity index is 2.03. The molecule has 1 saturated carbocycles. The number of nitro groups is 1. The third-order valence-electron chi connectivity index (χ3n) is 3.68. The van der Waals surface area contributed by atoms with Crippen LogP contribution in [-0.2, 0) is 0 Å². The Labute approximate surface area is 105 Å². The van der Waals surface area contributed by atoms with Gasteiger partial charge in [-0.15, -0.1) is 0 Å². The quantitative estimate of drug-likeness (QED) is 0.656. The zero-order valence-corrected chi connectivity index (χ0v) is 10.4. The van der Waals surface area contributed by atoms with Gasteiger partial charge in [-0.05, 0) is 24.3 Å². The van der Waals surface area contributed by atoms with E-state index in [0.29, 0.717) is 12.2 Å². The number of halogens is 1. The van der Waals surface area contributed by atoms with Crippen molar-refractivity contribution in [1.29, 1.82) is 0 Å². The van der Waals surface area contributed by atoms with Gasteiger partial charge < -0.3 is 5.32 Å². The summed E-state index contributed by atoms with van der Waals surface area (Å²) in [5.41, 5.74) is 0.340. The maximum Gasteiger partial charge on any atom is 0.272 e. The summed E-state index contributed by atoms with van der Waals surface area (Å²) in [4.78, 5) is 9.91. The molecule has 0 radical (unpaired) electrons. The minimum absolute atomic E-state index is 0.216. The van der Waals surface area contributed by atoms with Crippen molar-refractivity contribution in [1.82, 2.24) is 0 Å². The smallest absolute Gasteiger partial charge is 0.272 e. The molecule has 0 saturated heterocycles. The van der Waals surface area contributed by atoms with E-state index in [1.54, 1.807) is 0 Å². The van der Waals surface area contributed by atoms with Crippen molar-refractivity contribution >= 4 is 11.4 Å². The maximum absolute atomic E-state index is 13.6. The summed E-state index contributed by atoms with van der Waals surface area (Å²) in [6.07, 6.45) is 4.74. The van der Waals surface area contributed by atoms with E-state index in [2.05, 4.69) is 12.2 Å². The highest BCUT2D eigenvalue weighted by Crippen LogP contribution is 2.37. The van der Waals surface area contributed by atoms with Gasteiger partial charge in [0.15, 0.2) is 5.82 Å². The first kappa shape index (κ1) is 12.8. The summed E-state index contributed by atoms with van der Waals surface area (Å²) in [5.74, 6) is -0.564. The molecule has 18 heavy (non-hydrogen) atoms. The number of nitro benzene ring substituents is 1. The molecule has 5 heteroatoms. The number of hydrogen-bond donors (Lipinski definition) is 1. The lowest BCUT2D eigenvalue weighted by Crippen LogP contribution is -2.23. The molecule has 1 aliphatic rings. The SMILES string of the molecule is CC1(CNc2ccc([N+](=O)[O-])cc2F)CCCC1. The fraction of sp³-hybridized carbons (Fsp3) is 0.538. The molecule has 0 spiro atoms. The highest BCUT2D eigenvalue weighted by molar-refractivity contribution is 5.50. The molecule has 0 aromatic heterocycles. The predicted molar refractivity (Wildman–Crippen MR) is 68.1 cm³/mol. The van der Waals surface area contributed by atoms with Crippen molar-refractivity contribution in [3.05, 3.63) is 34.1 Å². The van der Waals surface area contributed by atoms with Crippen molar-refractivity contribution < 1.29 is 9.31 Å². The topological polar surface area (TPSA) is 55.2 Å². The van der Waals surface area contributed by atoms with Crippen LogP contribution in [0.25, 0.3) is 0 Å². The molecule has 4 nitrogen and oxygen atoms in total. The van der Waals surface area contributed by atoms with Gasteiger partial charge in [0.05, 0.1) is 16.7 Å². The average molecular weight is 252 g/mol. The van der Waals surface area contributed by atoms with Gasteiger partial charge >= 0.3 is 0 Å². The third kappa shape index (κ3) is 2.78. The molecular weight excluding hydrogens is 235 g/mol. The first-order valence-corrected chi connectivity index (χ1v) is 6.18. The monoisotopic (exact) mass is 252 g/mol. The zero-order chi connectivity index (χ0) is 13.2. The number of non-ortho nitro benzene ring substituents is 1. The van der Waals surface area contributed by atoms with Gasteiger partial charge in [0.25, 0.3) is 5.69 Å². The Kier molecular flexibility index (Phi) is 3.50. The van der Waals surface area contributed by atoms with Crippen LogP contribution in [0.2, 0.25) is 0 Å². The molecule has 0 unspecified atom stereocenters. The van der Waals surface area contributed by atoms with Crippen LogP contribution >= 0.6 is 0 Å². The van der Waals surface area contributed by atoms with Crippen LogP contribution < -0.4 is 5.32 Å². The normalized spacial score (nSPS) is 17.7. The molecule has 0 heterocycles. The zero-order valence-electron chi connectivity index (χ0n) is 10.4. The first-order chi connectivity index (χ1) is 8.50. The molecule has 1 fully saturated rings. The molecule has 98 valence electrons. The molecule has 1 aromatic rings. The number of anilines is 1. The predicted octanol–water partition coefficient (Wildman–Crippen LogP) is 3.73. The van der Waals surface area contributed by atoms with Crippen LogP contribution in [-0.4, -0.2) is 11.5 Å². The maximum atomic E-state index is 13.6. The molecular formula is C13H17FN2O2. The largest absolute Gasteiger partial charge is 0.382 e. The second kappa shape index (κ2) is 4.92. The van der Waals surface area contributed by atoms with Crippen LogP contribution in [0.4, 0.5) is 15.8 Å². The van der Waals surface area contributed by atoms with Crippen molar-refractivity contribution in [2.75, 3.05) is 11.9 Å². The number of hydrogen-bond acceptors (Lipinski definition) is 3. The summed E-state index contributed by atoms with van der Waals surface area (Å²) in [7, 11) is 0. The summed E-state index contributed by atoms with van der Waals surface area (Å²) >= 11 is 0. The minimum Gasteiger partial charge on any atom is -0.382 e. The van der Waals surface area contributed by atoms with E-state index in [9.17, 15) is 14.5 Å². The van der Waals surface area contributed by atoms with E-state index in [-0.39, 0.29) is 11.1 Å². The van der Waals surface area contributed by atoms with Crippen molar-refractivity contribution in [3.8, 4) is 0 Å². The van der Waals surface area contributed by atoms with Crippen LogP contribution in [0.3, 0.4) is 0 Å². The van der Waals surface area contributed by atoms with Crippen molar-refractivity contribution in [3.63, 3.8) is 0 Å². The molecule has 1 aliphatic carbocycles. The van der Waals surface area contributed by atoms with Crippen LogP contribution in [0.1, 0.15) is 32.6 Å². The Hall–Kier alpha value is -1.65. The highest BCUT2D eigenvalue weighted by Gasteiger charge is 2.28. The van der Waals surface area contributed by atoms with Gasteiger partial charge in [-0.1, -0.05) is 19.8 Å².